The van der Waals surface area contributed by atoms with E-state index in [1.54, 1.807) is 0 Å². The smallest absolute Gasteiger partial charge is 0.303 e. The number of carboxylic acids is 1. The Hall–Kier alpha value is -0.830. The minimum Gasteiger partial charge on any atom is -0.481 e. The fourth-order valence-electron chi connectivity index (χ4n) is 4.67. The molecule has 3 aliphatic rings. The van der Waals surface area contributed by atoms with E-state index in [-0.39, 0.29) is 18.4 Å². The lowest BCUT2D eigenvalue weighted by Crippen LogP contribution is -2.55. The first-order chi connectivity index (χ1) is 10.4. The molecule has 126 valence electrons. The van der Waals surface area contributed by atoms with Crippen molar-refractivity contribution in [1.82, 2.24) is 0 Å². The van der Waals surface area contributed by atoms with Gasteiger partial charge in [0.25, 0.3) is 0 Å². The lowest BCUT2D eigenvalue weighted by atomic mass is 9.43. The number of hydrogen-bond acceptors (Lipinski definition) is 2. The quantitative estimate of drug-likeness (QED) is 0.520. The standard InChI is InChI=1S/C19H32O3/c1-4-5-6-7-15(20)9-8-13-10-14-11-17(19(14,2)3)16(13)12-18(21)22/h8-9,13-17,20H,4-7,10-12H2,1-3H3,(H,21,22)/b9-8+/t13-,14-,15-,16+,17-/m0/s1. The van der Waals surface area contributed by atoms with E-state index in [2.05, 4.69) is 26.8 Å². The van der Waals surface area contributed by atoms with Crippen LogP contribution in [-0.4, -0.2) is 22.3 Å². The van der Waals surface area contributed by atoms with E-state index < -0.39 is 5.97 Å². The Kier molecular flexibility index (Phi) is 5.70. The number of aliphatic hydroxyl groups is 1. The van der Waals surface area contributed by atoms with E-state index in [9.17, 15) is 15.0 Å². The molecule has 22 heavy (non-hydrogen) atoms. The molecule has 0 radical (unpaired) electrons. The number of carbonyl (C=O) groups is 1. The van der Waals surface area contributed by atoms with Crippen LogP contribution in [0.1, 0.15) is 65.7 Å². The van der Waals surface area contributed by atoms with Crippen LogP contribution in [-0.2, 0) is 4.79 Å². The SMILES string of the molecule is CCCCC[C@H](O)/C=C/[C@H]1C[C@H]2C[C@@H]([C@@H]1CC(=O)O)C2(C)C. The van der Waals surface area contributed by atoms with Gasteiger partial charge in [0.05, 0.1) is 6.10 Å². The van der Waals surface area contributed by atoms with E-state index >= 15 is 0 Å². The summed E-state index contributed by atoms with van der Waals surface area (Å²) in [5.41, 5.74) is 0.296. The molecule has 0 amide bonds. The summed E-state index contributed by atoms with van der Waals surface area (Å²) in [6.45, 7) is 6.75. The largest absolute Gasteiger partial charge is 0.481 e. The number of aliphatic carboxylic acids is 1. The zero-order valence-corrected chi connectivity index (χ0v) is 14.3. The highest BCUT2D eigenvalue weighted by molar-refractivity contribution is 5.67. The number of hydrogen-bond donors (Lipinski definition) is 2. The summed E-state index contributed by atoms with van der Waals surface area (Å²) in [5.74, 6) is 1.11. The molecule has 0 aromatic carbocycles. The van der Waals surface area contributed by atoms with E-state index in [1.807, 2.05) is 6.08 Å². The highest BCUT2D eigenvalue weighted by atomic mass is 16.4. The molecule has 0 aromatic rings. The third-order valence-electron chi connectivity index (χ3n) is 6.26. The molecule has 0 aromatic heterocycles. The van der Waals surface area contributed by atoms with Gasteiger partial charge in [0.15, 0.2) is 0 Å². The number of unbranched alkanes of at least 4 members (excludes halogenated alkanes) is 2. The first-order valence-corrected chi connectivity index (χ1v) is 8.94. The molecule has 0 spiro atoms. The molecule has 0 unspecified atom stereocenters. The maximum Gasteiger partial charge on any atom is 0.303 e. The Balaban J connectivity index is 1.95. The van der Waals surface area contributed by atoms with Crippen LogP contribution in [0.3, 0.4) is 0 Å². The maximum absolute atomic E-state index is 11.2. The van der Waals surface area contributed by atoms with E-state index in [1.165, 1.54) is 6.42 Å². The van der Waals surface area contributed by atoms with Crippen LogP contribution < -0.4 is 0 Å². The summed E-state index contributed by atoms with van der Waals surface area (Å²) in [4.78, 5) is 11.2. The van der Waals surface area contributed by atoms with Crippen LogP contribution in [0.2, 0.25) is 0 Å². The molecular formula is C19H32O3. The fourth-order valence-corrected chi connectivity index (χ4v) is 4.67. The van der Waals surface area contributed by atoms with Crippen LogP contribution in [0, 0.1) is 29.1 Å². The van der Waals surface area contributed by atoms with Gasteiger partial charge in [-0.25, -0.2) is 0 Å². The van der Waals surface area contributed by atoms with Crippen molar-refractivity contribution >= 4 is 5.97 Å². The van der Waals surface area contributed by atoms with E-state index in [0.717, 1.165) is 38.0 Å². The predicted molar refractivity (Wildman–Crippen MR) is 88.5 cm³/mol. The Labute approximate surface area is 134 Å². The molecule has 3 heteroatoms. The topological polar surface area (TPSA) is 57.5 Å². The van der Waals surface area contributed by atoms with Crippen LogP contribution in [0.5, 0.6) is 0 Å². The highest BCUT2D eigenvalue weighted by Gasteiger charge is 2.57. The zero-order chi connectivity index (χ0) is 16.3. The van der Waals surface area contributed by atoms with E-state index in [4.69, 9.17) is 0 Å². The van der Waals surface area contributed by atoms with Crippen molar-refractivity contribution in [2.45, 2.75) is 71.8 Å². The molecule has 2 N–H and O–H groups in total. The van der Waals surface area contributed by atoms with Gasteiger partial charge in [0.2, 0.25) is 0 Å². The molecule has 5 atom stereocenters. The number of fused-ring (bicyclic) bond motifs is 2. The molecule has 0 saturated heterocycles. The Morgan fingerprint density at radius 2 is 2.05 bits per heavy atom. The number of carboxylic acid groups (broad SMARTS) is 1. The zero-order valence-electron chi connectivity index (χ0n) is 14.3. The van der Waals surface area contributed by atoms with Crippen LogP contribution in [0.25, 0.3) is 0 Å². The van der Waals surface area contributed by atoms with Gasteiger partial charge in [-0.15, -0.1) is 0 Å². The minimum atomic E-state index is -0.687. The predicted octanol–water partition coefficient (Wildman–Crippen LogP) is 4.26. The van der Waals surface area contributed by atoms with Crippen LogP contribution >= 0.6 is 0 Å². The fraction of sp³-hybridized carbons (Fsp3) is 0.842. The minimum absolute atomic E-state index is 0.233. The molecule has 3 rings (SSSR count). The maximum atomic E-state index is 11.2. The lowest BCUT2D eigenvalue weighted by Gasteiger charge is -2.62. The first-order valence-electron chi connectivity index (χ1n) is 8.94. The summed E-state index contributed by atoms with van der Waals surface area (Å²) in [7, 11) is 0. The number of rotatable bonds is 8. The Bertz CT molecular complexity index is 413. The van der Waals surface area contributed by atoms with Gasteiger partial charge in [-0.2, -0.15) is 0 Å². The van der Waals surface area contributed by atoms with Crippen LogP contribution in [0.15, 0.2) is 12.2 Å². The van der Waals surface area contributed by atoms with Gasteiger partial charge >= 0.3 is 5.97 Å². The molecule has 3 saturated carbocycles. The molecule has 3 nitrogen and oxygen atoms in total. The third-order valence-corrected chi connectivity index (χ3v) is 6.26. The van der Waals surface area contributed by atoms with Gasteiger partial charge in [-0.05, 0) is 48.3 Å². The molecule has 0 heterocycles. The normalized spacial score (nSPS) is 34.4. The number of aliphatic hydroxyl groups excluding tert-OH is 1. The van der Waals surface area contributed by atoms with Crippen molar-refractivity contribution in [2.24, 2.45) is 29.1 Å². The average molecular weight is 308 g/mol. The van der Waals surface area contributed by atoms with Gasteiger partial charge in [0.1, 0.15) is 0 Å². The summed E-state index contributed by atoms with van der Waals surface area (Å²) in [5, 5.41) is 19.3. The highest BCUT2D eigenvalue weighted by Crippen LogP contribution is 2.64. The molecule has 2 bridgehead atoms. The monoisotopic (exact) mass is 308 g/mol. The Morgan fingerprint density at radius 3 is 2.64 bits per heavy atom. The molecule has 0 aliphatic heterocycles. The third kappa shape index (κ3) is 3.73. The lowest BCUT2D eigenvalue weighted by molar-refractivity contribution is -0.152. The van der Waals surface area contributed by atoms with Gasteiger partial charge < -0.3 is 10.2 Å². The Morgan fingerprint density at radius 1 is 1.32 bits per heavy atom. The molecular weight excluding hydrogens is 276 g/mol. The summed E-state index contributed by atoms with van der Waals surface area (Å²) < 4.78 is 0. The van der Waals surface area contributed by atoms with Crippen molar-refractivity contribution in [1.29, 1.82) is 0 Å². The van der Waals surface area contributed by atoms with Crippen LogP contribution in [0.4, 0.5) is 0 Å². The van der Waals surface area contributed by atoms with Gasteiger partial charge in [-0.3, -0.25) is 4.79 Å². The average Bonchev–Trinajstić information content (AvgIpc) is 2.45. The summed E-state index contributed by atoms with van der Waals surface area (Å²) >= 11 is 0. The van der Waals surface area contributed by atoms with Crippen molar-refractivity contribution in [3.05, 3.63) is 12.2 Å². The van der Waals surface area contributed by atoms with Gasteiger partial charge in [-0.1, -0.05) is 52.2 Å². The molecule has 3 fully saturated rings. The second-order valence-corrected chi connectivity index (χ2v) is 7.97. The van der Waals surface area contributed by atoms with Gasteiger partial charge in [0, 0.05) is 6.42 Å². The van der Waals surface area contributed by atoms with Crippen molar-refractivity contribution in [3.8, 4) is 0 Å². The van der Waals surface area contributed by atoms with Crippen molar-refractivity contribution in [3.63, 3.8) is 0 Å². The van der Waals surface area contributed by atoms with E-state index in [0.29, 0.717) is 17.3 Å². The summed E-state index contributed by atoms with van der Waals surface area (Å²) in [6, 6.07) is 0. The number of allylic oxidation sites excluding steroid dienone is 1. The van der Waals surface area contributed by atoms with Crippen molar-refractivity contribution in [2.75, 3.05) is 0 Å². The molecule has 3 aliphatic carbocycles. The van der Waals surface area contributed by atoms with Crippen molar-refractivity contribution < 1.29 is 15.0 Å². The second kappa shape index (κ2) is 7.16. The first kappa shape index (κ1) is 17.5. The summed E-state index contributed by atoms with van der Waals surface area (Å²) in [6.07, 6.45) is 10.4. The second-order valence-electron chi connectivity index (χ2n) is 7.97.